The molecule has 4 aromatic rings. The fraction of sp³-hybridized carbons (Fsp3) is 0.259. The Bertz CT molecular complexity index is 1490. The van der Waals surface area contributed by atoms with E-state index in [4.69, 9.17) is 4.42 Å². The summed E-state index contributed by atoms with van der Waals surface area (Å²) in [7, 11) is 0. The van der Waals surface area contributed by atoms with Crippen molar-refractivity contribution in [2.75, 3.05) is 0 Å². The summed E-state index contributed by atoms with van der Waals surface area (Å²) in [5, 5.41) is 20.0. The number of aliphatic hydroxyl groups is 2. The van der Waals surface area contributed by atoms with Crippen LogP contribution in [0.1, 0.15) is 35.8 Å². The number of hydrogen-bond acceptors (Lipinski definition) is 5. The number of pyridine rings is 1. The van der Waals surface area contributed by atoms with Crippen molar-refractivity contribution in [3.8, 4) is 28.3 Å². The highest BCUT2D eigenvalue weighted by molar-refractivity contribution is 5.77. The van der Waals surface area contributed by atoms with Gasteiger partial charge in [0.15, 0.2) is 11.7 Å². The molecular weight excluding hydrogens is 473 g/mol. The van der Waals surface area contributed by atoms with E-state index in [-0.39, 0.29) is 41.3 Å². The number of aliphatic hydroxyl groups excluding tert-OH is 2. The van der Waals surface area contributed by atoms with Crippen LogP contribution in [-0.2, 0) is 0 Å². The summed E-state index contributed by atoms with van der Waals surface area (Å²) in [6, 6.07) is 8.55. The molecule has 36 heavy (non-hydrogen) atoms. The Morgan fingerprint density at radius 1 is 0.944 bits per heavy atom. The molecule has 0 amide bonds. The molecule has 186 valence electrons. The first-order valence-electron chi connectivity index (χ1n) is 11.4. The average molecular weight is 496 g/mol. The van der Waals surface area contributed by atoms with Gasteiger partial charge in [0.2, 0.25) is 0 Å². The maximum absolute atomic E-state index is 14.8. The number of oxazole rings is 1. The summed E-state index contributed by atoms with van der Waals surface area (Å²) in [6.07, 6.45) is 0.0470. The highest BCUT2D eigenvalue weighted by Gasteiger charge is 2.36. The molecule has 1 fully saturated rings. The molecule has 2 heterocycles. The summed E-state index contributed by atoms with van der Waals surface area (Å²) in [5.41, 5.74) is 1.82. The lowest BCUT2D eigenvalue weighted by molar-refractivity contribution is 0.0438. The van der Waals surface area contributed by atoms with Crippen molar-refractivity contribution in [2.24, 2.45) is 0 Å². The first kappa shape index (κ1) is 24.0. The first-order valence-corrected chi connectivity index (χ1v) is 11.4. The van der Waals surface area contributed by atoms with E-state index in [0.29, 0.717) is 22.4 Å². The van der Waals surface area contributed by atoms with E-state index in [2.05, 4.69) is 4.98 Å². The zero-order chi connectivity index (χ0) is 25.7. The van der Waals surface area contributed by atoms with E-state index in [9.17, 15) is 28.2 Å². The number of rotatable bonds is 4. The van der Waals surface area contributed by atoms with Gasteiger partial charge in [0.1, 0.15) is 23.1 Å². The van der Waals surface area contributed by atoms with Crippen molar-refractivity contribution >= 4 is 0 Å². The molecule has 2 N–H and O–H groups in total. The molecule has 9 heteroatoms. The molecule has 1 aliphatic carbocycles. The van der Waals surface area contributed by atoms with Crippen LogP contribution in [0.25, 0.3) is 28.3 Å². The van der Waals surface area contributed by atoms with Gasteiger partial charge >= 0.3 is 0 Å². The number of nitrogens with zero attached hydrogens (tertiary/aromatic N) is 2. The zero-order valence-corrected chi connectivity index (χ0v) is 19.5. The third-order valence-corrected chi connectivity index (χ3v) is 6.55. The summed E-state index contributed by atoms with van der Waals surface area (Å²) < 4.78 is 49.6. The zero-order valence-electron chi connectivity index (χ0n) is 19.5. The summed E-state index contributed by atoms with van der Waals surface area (Å²) in [4.78, 5) is 17.4. The Balaban J connectivity index is 1.70. The molecule has 3 atom stereocenters. The molecule has 6 nitrogen and oxygen atoms in total. The fourth-order valence-electron chi connectivity index (χ4n) is 4.84. The van der Waals surface area contributed by atoms with Crippen molar-refractivity contribution in [2.45, 2.75) is 44.8 Å². The van der Waals surface area contributed by atoms with Crippen molar-refractivity contribution in [3.05, 3.63) is 93.5 Å². The molecule has 1 aliphatic rings. The van der Waals surface area contributed by atoms with E-state index in [1.807, 2.05) is 0 Å². The smallest absolute Gasteiger partial charge is 0.255 e. The Hall–Kier alpha value is -3.69. The second-order valence-corrected chi connectivity index (χ2v) is 9.17. The Morgan fingerprint density at radius 2 is 1.61 bits per heavy atom. The fourth-order valence-corrected chi connectivity index (χ4v) is 4.84. The molecule has 1 saturated carbocycles. The average Bonchev–Trinajstić information content (AvgIpc) is 3.38. The Morgan fingerprint density at radius 3 is 2.25 bits per heavy atom. The van der Waals surface area contributed by atoms with Gasteiger partial charge < -0.3 is 14.6 Å². The van der Waals surface area contributed by atoms with Gasteiger partial charge in [-0.3, -0.25) is 9.36 Å². The predicted octanol–water partition coefficient (Wildman–Crippen LogP) is 4.79. The minimum atomic E-state index is -0.942. The van der Waals surface area contributed by atoms with Crippen LogP contribution in [0.4, 0.5) is 13.2 Å². The normalized spacial score (nSPS) is 19.7. The van der Waals surface area contributed by atoms with Gasteiger partial charge in [-0.1, -0.05) is 0 Å². The van der Waals surface area contributed by atoms with E-state index in [1.165, 1.54) is 41.1 Å². The topological polar surface area (TPSA) is 88.5 Å². The van der Waals surface area contributed by atoms with Crippen molar-refractivity contribution < 1.29 is 27.8 Å². The second-order valence-electron chi connectivity index (χ2n) is 9.17. The lowest BCUT2D eigenvalue weighted by Crippen LogP contribution is -2.18. The third kappa shape index (κ3) is 4.25. The van der Waals surface area contributed by atoms with Crippen LogP contribution in [0.2, 0.25) is 0 Å². The van der Waals surface area contributed by atoms with Crippen LogP contribution in [0, 0.1) is 31.3 Å². The van der Waals surface area contributed by atoms with E-state index in [0.717, 1.165) is 12.1 Å². The van der Waals surface area contributed by atoms with Crippen LogP contribution in [0.3, 0.4) is 0 Å². The first-order chi connectivity index (χ1) is 17.1. The lowest BCUT2D eigenvalue weighted by atomic mass is 10.1. The van der Waals surface area contributed by atoms with Gasteiger partial charge in [-0.2, -0.15) is 0 Å². The van der Waals surface area contributed by atoms with E-state index >= 15 is 0 Å². The van der Waals surface area contributed by atoms with E-state index < -0.39 is 35.6 Å². The number of benzene rings is 2. The molecule has 2 aromatic heterocycles. The van der Waals surface area contributed by atoms with Crippen molar-refractivity contribution in [3.63, 3.8) is 0 Å². The molecule has 0 spiro atoms. The molecular formula is C27H23F3N2O4. The Kier molecular flexibility index (Phi) is 6.05. The molecule has 5 rings (SSSR count). The van der Waals surface area contributed by atoms with Crippen molar-refractivity contribution in [1.29, 1.82) is 0 Å². The standard InChI is InChI=1S/C27H23F3N2O4/c1-13-7-18(29)8-14(2)25(13)32-12-15(3-6-23(32)35)24-26(19-5-4-17(28)11-20(19)30)36-27(31-24)16-9-21(33)22(34)10-16/h3-8,11-12,16,21-22,33-34H,9-10H2,1-2H3/t16?,21-,22+. The summed E-state index contributed by atoms with van der Waals surface area (Å²) >= 11 is 0. The SMILES string of the molecule is Cc1cc(F)cc(C)c1-n1cc(-c2nc(C3C[C@@H](O)[C@@H](O)C3)oc2-c2ccc(F)cc2F)ccc1=O. The molecule has 1 unspecified atom stereocenters. The van der Waals surface area contributed by atoms with Crippen LogP contribution in [-0.4, -0.2) is 32.0 Å². The van der Waals surface area contributed by atoms with Gasteiger partial charge in [0.05, 0.1) is 23.5 Å². The van der Waals surface area contributed by atoms with E-state index in [1.54, 1.807) is 13.8 Å². The number of aryl methyl sites for hydroxylation is 2. The highest BCUT2D eigenvalue weighted by atomic mass is 19.1. The Labute approximate surface area is 204 Å². The number of halogens is 3. The molecule has 0 saturated heterocycles. The predicted molar refractivity (Wildman–Crippen MR) is 126 cm³/mol. The molecule has 0 aliphatic heterocycles. The third-order valence-electron chi connectivity index (χ3n) is 6.55. The van der Waals surface area contributed by atoms with Gasteiger partial charge in [-0.05, 0) is 68.1 Å². The minimum Gasteiger partial charge on any atom is -0.440 e. The van der Waals surface area contributed by atoms with Crippen molar-refractivity contribution in [1.82, 2.24) is 9.55 Å². The quantitative estimate of drug-likeness (QED) is 0.424. The van der Waals surface area contributed by atoms with Gasteiger partial charge in [0.25, 0.3) is 5.56 Å². The molecule has 0 radical (unpaired) electrons. The summed E-state index contributed by atoms with van der Waals surface area (Å²) in [5.74, 6) is -2.24. The lowest BCUT2D eigenvalue weighted by Gasteiger charge is -2.14. The number of aromatic nitrogens is 2. The second kappa shape index (κ2) is 9.07. The largest absolute Gasteiger partial charge is 0.440 e. The maximum atomic E-state index is 14.8. The summed E-state index contributed by atoms with van der Waals surface area (Å²) in [6.45, 7) is 3.38. The maximum Gasteiger partial charge on any atom is 0.255 e. The van der Waals surface area contributed by atoms with Crippen LogP contribution >= 0.6 is 0 Å². The minimum absolute atomic E-state index is 0.0242. The van der Waals surface area contributed by atoms with Gasteiger partial charge in [-0.15, -0.1) is 0 Å². The van der Waals surface area contributed by atoms with Gasteiger partial charge in [-0.25, -0.2) is 18.2 Å². The monoisotopic (exact) mass is 496 g/mol. The van der Waals surface area contributed by atoms with Crippen LogP contribution in [0.15, 0.2) is 57.9 Å². The number of hydrogen-bond donors (Lipinski definition) is 2. The molecule has 2 aromatic carbocycles. The molecule has 0 bridgehead atoms. The van der Waals surface area contributed by atoms with Crippen LogP contribution in [0.5, 0.6) is 0 Å². The highest BCUT2D eigenvalue weighted by Crippen LogP contribution is 2.41. The van der Waals surface area contributed by atoms with Gasteiger partial charge in [0, 0.05) is 29.8 Å². The van der Waals surface area contributed by atoms with Crippen LogP contribution < -0.4 is 5.56 Å².